The Morgan fingerprint density at radius 2 is 0.800 bits per heavy atom. The zero-order valence-corrected chi connectivity index (χ0v) is 24.2. The topological polar surface area (TPSA) is 211 Å². The molecule has 2 saturated heterocycles. The van der Waals surface area contributed by atoms with Gasteiger partial charge in [-0.25, -0.2) is 9.59 Å². The molecule has 234 valence electrons. The summed E-state index contributed by atoms with van der Waals surface area (Å²) in [5, 5.41) is 58.0. The smallest absolute Gasteiger partial charge is 0.335 e. The highest BCUT2D eigenvalue weighted by molar-refractivity contribution is 5.74. The molecule has 0 aromatic carbocycles. The quantitative estimate of drug-likeness (QED) is 0.183. The highest BCUT2D eigenvalue weighted by Gasteiger charge is 2.50. The van der Waals surface area contributed by atoms with E-state index in [1.807, 2.05) is 0 Å². The molecule has 14 nitrogen and oxygen atoms in total. The third kappa shape index (κ3) is 11.5. The Bertz CT molecular complexity index is 710. The molecule has 6 N–H and O–H groups in total. The molecular weight excluding hydrogens is 536 g/mol. The van der Waals surface area contributed by atoms with Gasteiger partial charge in [0.15, 0.2) is 24.8 Å². The summed E-state index contributed by atoms with van der Waals surface area (Å²) in [4.78, 5) is 22.4. The fourth-order valence-corrected chi connectivity index (χ4v) is 3.77. The fraction of sp³-hybridized carbons (Fsp3) is 0.846. The number of carboxylic acids is 2. The van der Waals surface area contributed by atoms with Crippen molar-refractivity contribution < 1.29 is 68.6 Å². The van der Waals surface area contributed by atoms with Crippen molar-refractivity contribution in [1.82, 2.24) is 0 Å². The molecule has 10 atom stereocenters. The molecule has 0 saturated carbocycles. The van der Waals surface area contributed by atoms with Crippen molar-refractivity contribution in [3.63, 3.8) is 0 Å². The number of rotatable bonds is 10. The van der Waals surface area contributed by atoms with Crippen molar-refractivity contribution in [2.24, 2.45) is 0 Å². The van der Waals surface area contributed by atoms with Crippen LogP contribution < -0.4 is 0 Å². The lowest BCUT2D eigenvalue weighted by molar-refractivity contribution is -0.310. The average Bonchev–Trinajstić information content (AvgIpc) is 2.83. The first kappa shape index (κ1) is 38.1. The molecule has 0 bridgehead atoms. The van der Waals surface area contributed by atoms with Gasteiger partial charge in [0.2, 0.25) is 0 Å². The summed E-state index contributed by atoms with van der Waals surface area (Å²) in [7, 11) is 0. The van der Waals surface area contributed by atoms with Crippen molar-refractivity contribution in [2.45, 2.75) is 141 Å². The Balaban J connectivity index is 0.000000716. The van der Waals surface area contributed by atoms with E-state index in [9.17, 15) is 30.0 Å². The Kier molecular flexibility index (Phi) is 17.0. The summed E-state index contributed by atoms with van der Waals surface area (Å²) in [6.45, 7) is 13.7. The average molecular weight is 583 g/mol. The Morgan fingerprint density at radius 1 is 0.550 bits per heavy atom. The molecule has 2 fully saturated rings. The summed E-state index contributed by atoms with van der Waals surface area (Å²) in [5.41, 5.74) is 0. The van der Waals surface area contributed by atoms with Gasteiger partial charge in [0.25, 0.3) is 0 Å². The number of carbonyl (C=O) groups is 2. The predicted octanol–water partition coefficient (Wildman–Crippen LogP) is -0.278. The van der Waals surface area contributed by atoms with Gasteiger partial charge in [-0.2, -0.15) is 0 Å². The van der Waals surface area contributed by atoms with Gasteiger partial charge >= 0.3 is 11.9 Å². The minimum absolute atomic E-state index is 0.274. The summed E-state index contributed by atoms with van der Waals surface area (Å²) >= 11 is 0. The molecule has 14 heteroatoms. The third-order valence-corrected chi connectivity index (χ3v) is 5.25. The number of aliphatic carboxylic acids is 2. The number of aliphatic hydroxyl groups is 4. The molecule has 3 unspecified atom stereocenters. The van der Waals surface area contributed by atoms with E-state index in [1.54, 1.807) is 55.4 Å². The second-order valence-electron chi connectivity index (χ2n) is 10.2. The predicted molar refractivity (Wildman–Crippen MR) is 139 cm³/mol. The van der Waals surface area contributed by atoms with E-state index in [0.717, 1.165) is 0 Å². The number of carboxylic acid groups (broad SMARTS) is 2. The van der Waals surface area contributed by atoms with Gasteiger partial charge in [-0.1, -0.05) is 0 Å². The van der Waals surface area contributed by atoms with Crippen LogP contribution in [0.4, 0.5) is 0 Å². The van der Waals surface area contributed by atoms with Crippen LogP contribution in [0.1, 0.15) is 55.4 Å². The Labute approximate surface area is 235 Å². The molecule has 0 aromatic heterocycles. The number of hydrogen-bond donors (Lipinski definition) is 6. The Hall–Kier alpha value is -1.90. The van der Waals surface area contributed by atoms with E-state index >= 15 is 0 Å². The first-order chi connectivity index (χ1) is 18.5. The molecule has 2 aliphatic rings. The van der Waals surface area contributed by atoms with Gasteiger partial charge in [-0.15, -0.1) is 12.8 Å². The van der Waals surface area contributed by atoms with Gasteiger partial charge in [-0.3, -0.25) is 0 Å². The van der Waals surface area contributed by atoms with Crippen LogP contribution in [-0.4, -0.2) is 128 Å². The van der Waals surface area contributed by atoms with Crippen LogP contribution in [0.3, 0.4) is 0 Å². The fourth-order valence-electron chi connectivity index (χ4n) is 3.77. The van der Waals surface area contributed by atoms with Crippen LogP contribution in [0.15, 0.2) is 0 Å². The molecule has 0 aromatic rings. The van der Waals surface area contributed by atoms with E-state index in [0.29, 0.717) is 0 Å². The molecule has 2 aliphatic heterocycles. The SMILES string of the molecule is C#C.CC(C)OC1OC(C(=O)O)[C@@H](OC(C)C)[C@H](O)C1O.CC(C)O[C@@H]1O[C@H](C(=O)O)[C@@H](OC(C)C)[C@H](O)[C@@H]1O. The standard InChI is InChI=1S/2C12H22O7.C2H2/c2*1-5(2)17-9-7(13)8(14)12(18-6(3)4)19-10(9)11(15)16;1-2/h2*5-10,12-14H,1-4H3,(H,15,16);1-2H/t7-,8?,9+,10?,12?;7-,8+,9+,10+,12-;/m11./s1. The van der Waals surface area contributed by atoms with Gasteiger partial charge in [0, 0.05) is 0 Å². The molecular formula is C26H46O14. The normalized spacial score (nSPS) is 34.1. The van der Waals surface area contributed by atoms with Crippen molar-refractivity contribution in [3.05, 3.63) is 0 Å². The second-order valence-corrected chi connectivity index (χ2v) is 10.2. The number of hydrogen-bond acceptors (Lipinski definition) is 12. The monoisotopic (exact) mass is 582 g/mol. The van der Waals surface area contributed by atoms with Crippen molar-refractivity contribution >= 4 is 11.9 Å². The summed E-state index contributed by atoms with van der Waals surface area (Å²) in [6, 6.07) is 0. The maximum atomic E-state index is 11.2. The number of aliphatic hydroxyl groups excluding tert-OH is 4. The summed E-state index contributed by atoms with van der Waals surface area (Å²) in [6.07, 6.45) is -6.09. The molecule has 2 rings (SSSR count). The van der Waals surface area contributed by atoms with Crippen LogP contribution in [0.5, 0.6) is 0 Å². The van der Waals surface area contributed by atoms with Crippen LogP contribution in [0.2, 0.25) is 0 Å². The number of terminal acetylenes is 1. The third-order valence-electron chi connectivity index (χ3n) is 5.25. The van der Waals surface area contributed by atoms with E-state index in [1.165, 1.54) is 0 Å². The van der Waals surface area contributed by atoms with Gasteiger partial charge in [0.05, 0.1) is 24.4 Å². The second kappa shape index (κ2) is 17.8. The van der Waals surface area contributed by atoms with Crippen molar-refractivity contribution in [3.8, 4) is 12.8 Å². The van der Waals surface area contributed by atoms with Crippen molar-refractivity contribution in [2.75, 3.05) is 0 Å². The van der Waals surface area contributed by atoms with Crippen LogP contribution in [-0.2, 0) is 38.0 Å². The zero-order valence-electron chi connectivity index (χ0n) is 24.2. The lowest BCUT2D eigenvalue weighted by atomic mass is 9.98. The zero-order chi connectivity index (χ0) is 31.5. The first-order valence-electron chi connectivity index (χ1n) is 12.9. The van der Waals surface area contributed by atoms with Crippen LogP contribution >= 0.6 is 0 Å². The summed E-state index contributed by atoms with van der Waals surface area (Å²) < 4.78 is 31.6. The van der Waals surface area contributed by atoms with E-state index in [2.05, 4.69) is 12.8 Å². The lowest BCUT2D eigenvalue weighted by Crippen LogP contribution is -2.61. The maximum absolute atomic E-state index is 11.2. The summed E-state index contributed by atoms with van der Waals surface area (Å²) in [5.74, 6) is -2.54. The van der Waals surface area contributed by atoms with Gasteiger partial charge in [0.1, 0.15) is 36.6 Å². The largest absolute Gasteiger partial charge is 0.479 e. The molecule has 0 amide bonds. The molecule has 0 spiro atoms. The van der Waals surface area contributed by atoms with Gasteiger partial charge in [-0.05, 0) is 55.4 Å². The van der Waals surface area contributed by atoms with Crippen LogP contribution in [0, 0.1) is 12.8 Å². The minimum atomic E-state index is -1.39. The molecule has 0 aliphatic carbocycles. The van der Waals surface area contributed by atoms with Gasteiger partial charge < -0.3 is 59.1 Å². The minimum Gasteiger partial charge on any atom is -0.479 e. The van der Waals surface area contributed by atoms with E-state index in [-0.39, 0.29) is 24.4 Å². The molecule has 0 radical (unpaired) electrons. The first-order valence-corrected chi connectivity index (χ1v) is 12.9. The highest BCUT2D eigenvalue weighted by Crippen LogP contribution is 2.27. The van der Waals surface area contributed by atoms with E-state index in [4.69, 9.17) is 38.6 Å². The van der Waals surface area contributed by atoms with Crippen LogP contribution in [0.25, 0.3) is 0 Å². The molecule has 2 heterocycles. The van der Waals surface area contributed by atoms with Crippen molar-refractivity contribution in [1.29, 1.82) is 0 Å². The Morgan fingerprint density at radius 3 is 1.00 bits per heavy atom. The highest BCUT2D eigenvalue weighted by atomic mass is 16.7. The maximum Gasteiger partial charge on any atom is 0.335 e. The molecule has 40 heavy (non-hydrogen) atoms. The lowest BCUT2D eigenvalue weighted by Gasteiger charge is -2.41. The number of ether oxygens (including phenoxy) is 6. The van der Waals surface area contributed by atoms with E-state index < -0.39 is 73.4 Å².